The molecule has 0 atom stereocenters. The number of anilines is 1. The zero-order valence-electron chi connectivity index (χ0n) is 20.3. The molecule has 0 heterocycles. The summed E-state index contributed by atoms with van der Waals surface area (Å²) in [6.45, 7) is 6.36. The second-order valence-corrected chi connectivity index (χ2v) is 10.6. The van der Waals surface area contributed by atoms with E-state index in [1.54, 1.807) is 42.5 Å². The molecule has 6 nitrogen and oxygen atoms in total. The van der Waals surface area contributed by atoms with Gasteiger partial charge in [0.05, 0.1) is 17.2 Å². The predicted molar refractivity (Wildman–Crippen MR) is 141 cm³/mol. The SMILES string of the molecule is CCOc1ccc(CCCNC(=O)CN(c2ccc(C)c(Cl)c2)S(=O)(=O)c2ccc(C)cc2)cc1. The van der Waals surface area contributed by atoms with Crippen LogP contribution in [0.2, 0.25) is 5.02 Å². The van der Waals surface area contributed by atoms with Crippen molar-refractivity contribution in [1.29, 1.82) is 0 Å². The zero-order valence-corrected chi connectivity index (χ0v) is 21.8. The van der Waals surface area contributed by atoms with Gasteiger partial charge >= 0.3 is 0 Å². The maximum Gasteiger partial charge on any atom is 0.264 e. The summed E-state index contributed by atoms with van der Waals surface area (Å²) in [5.74, 6) is 0.444. The fourth-order valence-electron chi connectivity index (χ4n) is 3.52. The maximum absolute atomic E-state index is 13.5. The van der Waals surface area contributed by atoms with Crippen LogP contribution in [0.1, 0.15) is 30.0 Å². The van der Waals surface area contributed by atoms with Gasteiger partial charge in [-0.15, -0.1) is 0 Å². The number of sulfonamides is 1. The lowest BCUT2D eigenvalue weighted by Gasteiger charge is -2.24. The second-order valence-electron chi connectivity index (χ2n) is 8.29. The topological polar surface area (TPSA) is 75.7 Å². The van der Waals surface area contributed by atoms with Crippen LogP contribution in [-0.2, 0) is 21.2 Å². The number of amides is 1. The molecule has 0 aromatic heterocycles. The van der Waals surface area contributed by atoms with Crippen molar-refractivity contribution in [3.63, 3.8) is 0 Å². The zero-order chi connectivity index (χ0) is 25.4. The third-order valence-electron chi connectivity index (χ3n) is 5.54. The fraction of sp³-hybridized carbons (Fsp3) is 0.296. The van der Waals surface area contributed by atoms with Crippen molar-refractivity contribution in [3.8, 4) is 5.75 Å². The van der Waals surface area contributed by atoms with Crippen LogP contribution in [0.15, 0.2) is 71.6 Å². The van der Waals surface area contributed by atoms with E-state index >= 15 is 0 Å². The smallest absolute Gasteiger partial charge is 0.264 e. The highest BCUT2D eigenvalue weighted by atomic mass is 35.5. The minimum atomic E-state index is -3.98. The molecule has 0 unspecified atom stereocenters. The lowest BCUT2D eigenvalue weighted by atomic mass is 10.1. The number of hydrogen-bond donors (Lipinski definition) is 1. The Balaban J connectivity index is 1.68. The average Bonchev–Trinajstić information content (AvgIpc) is 2.83. The molecule has 0 spiro atoms. The molecule has 0 aliphatic carbocycles. The molecule has 3 aromatic rings. The number of carbonyl (C=O) groups is 1. The number of aryl methyl sites for hydroxylation is 3. The summed E-state index contributed by atoms with van der Waals surface area (Å²) >= 11 is 6.27. The third-order valence-corrected chi connectivity index (χ3v) is 7.73. The molecule has 0 saturated heterocycles. The van der Waals surface area contributed by atoms with Crippen LogP contribution in [-0.4, -0.2) is 34.0 Å². The molecular formula is C27H31ClN2O4S. The van der Waals surface area contributed by atoms with Gasteiger partial charge < -0.3 is 10.1 Å². The van der Waals surface area contributed by atoms with Crippen LogP contribution in [0.4, 0.5) is 5.69 Å². The number of ether oxygens (including phenoxy) is 1. The number of halogens is 1. The lowest BCUT2D eigenvalue weighted by molar-refractivity contribution is -0.119. The fourth-order valence-corrected chi connectivity index (χ4v) is 5.10. The molecule has 1 amide bonds. The molecule has 1 N–H and O–H groups in total. The first kappa shape index (κ1) is 26.6. The van der Waals surface area contributed by atoms with E-state index in [1.807, 2.05) is 45.0 Å². The molecule has 35 heavy (non-hydrogen) atoms. The minimum Gasteiger partial charge on any atom is -0.494 e. The Morgan fingerprint density at radius 3 is 2.31 bits per heavy atom. The highest BCUT2D eigenvalue weighted by molar-refractivity contribution is 7.92. The van der Waals surface area contributed by atoms with E-state index in [4.69, 9.17) is 16.3 Å². The molecule has 0 radical (unpaired) electrons. The Hall–Kier alpha value is -3.03. The number of carbonyl (C=O) groups excluding carboxylic acids is 1. The Labute approximate surface area is 212 Å². The van der Waals surface area contributed by atoms with E-state index in [0.29, 0.717) is 23.9 Å². The number of nitrogens with one attached hydrogen (secondary N) is 1. The lowest BCUT2D eigenvalue weighted by Crippen LogP contribution is -2.41. The highest BCUT2D eigenvalue weighted by Gasteiger charge is 2.27. The van der Waals surface area contributed by atoms with Gasteiger partial charge in [-0.1, -0.05) is 47.5 Å². The van der Waals surface area contributed by atoms with E-state index in [9.17, 15) is 13.2 Å². The molecule has 3 aromatic carbocycles. The molecule has 0 fully saturated rings. The molecule has 8 heteroatoms. The van der Waals surface area contributed by atoms with Crippen LogP contribution in [0.25, 0.3) is 0 Å². The summed E-state index contributed by atoms with van der Waals surface area (Å²) in [6.07, 6.45) is 1.51. The first-order valence-corrected chi connectivity index (χ1v) is 13.4. The quantitative estimate of drug-likeness (QED) is 0.352. The van der Waals surface area contributed by atoms with E-state index in [0.717, 1.165) is 39.6 Å². The average molecular weight is 515 g/mol. The van der Waals surface area contributed by atoms with Crippen LogP contribution >= 0.6 is 11.6 Å². The molecule has 0 bridgehead atoms. The van der Waals surface area contributed by atoms with Crippen LogP contribution in [0, 0.1) is 13.8 Å². The number of rotatable bonds is 11. The Bertz CT molecular complexity index is 1240. The van der Waals surface area contributed by atoms with Crippen LogP contribution in [0.5, 0.6) is 5.75 Å². The van der Waals surface area contributed by atoms with Crippen LogP contribution in [0.3, 0.4) is 0 Å². The van der Waals surface area contributed by atoms with E-state index < -0.39 is 10.0 Å². The number of nitrogens with zero attached hydrogens (tertiary/aromatic N) is 1. The highest BCUT2D eigenvalue weighted by Crippen LogP contribution is 2.28. The standard InChI is InChI=1S/C27H31ClN2O4S/c1-4-34-24-13-10-22(11-14-24)6-5-17-29-27(31)19-30(23-12-9-21(3)26(28)18-23)35(32,33)25-15-7-20(2)8-16-25/h7-16,18H,4-6,17,19H2,1-3H3,(H,29,31). The number of benzene rings is 3. The predicted octanol–water partition coefficient (Wildman–Crippen LogP) is 5.30. The molecule has 3 rings (SSSR count). The summed E-state index contributed by atoms with van der Waals surface area (Å²) < 4.78 is 33.5. The Morgan fingerprint density at radius 2 is 1.69 bits per heavy atom. The Kier molecular flexibility index (Phi) is 9.18. The first-order valence-electron chi connectivity index (χ1n) is 11.5. The van der Waals surface area contributed by atoms with Gasteiger partial charge in [-0.05, 0) is 81.1 Å². The largest absolute Gasteiger partial charge is 0.494 e. The van der Waals surface area contributed by atoms with E-state index in [1.165, 1.54) is 0 Å². The molecule has 0 aliphatic heterocycles. The van der Waals surface area contributed by atoms with Gasteiger partial charge in [-0.3, -0.25) is 9.10 Å². The van der Waals surface area contributed by atoms with Gasteiger partial charge in [-0.2, -0.15) is 0 Å². The summed E-state index contributed by atoms with van der Waals surface area (Å²) in [4.78, 5) is 12.9. The first-order chi connectivity index (χ1) is 16.7. The maximum atomic E-state index is 13.5. The van der Waals surface area contributed by atoms with Gasteiger partial charge in [-0.25, -0.2) is 8.42 Å². The Morgan fingerprint density at radius 1 is 1.00 bits per heavy atom. The van der Waals surface area contributed by atoms with Gasteiger partial charge in [0.1, 0.15) is 12.3 Å². The molecule has 186 valence electrons. The second kappa shape index (κ2) is 12.1. The molecular weight excluding hydrogens is 484 g/mol. The van der Waals surface area contributed by atoms with Crippen molar-refractivity contribution in [1.82, 2.24) is 5.32 Å². The van der Waals surface area contributed by atoms with Gasteiger partial charge in [0.25, 0.3) is 10.0 Å². The summed E-state index contributed by atoms with van der Waals surface area (Å²) in [5.41, 5.74) is 3.24. The monoisotopic (exact) mass is 514 g/mol. The summed E-state index contributed by atoms with van der Waals surface area (Å²) in [5, 5.41) is 3.27. The summed E-state index contributed by atoms with van der Waals surface area (Å²) in [6, 6.07) is 19.4. The number of hydrogen-bond acceptors (Lipinski definition) is 4. The van der Waals surface area contributed by atoms with Crippen molar-refractivity contribution in [2.75, 3.05) is 24.0 Å². The summed E-state index contributed by atoms with van der Waals surface area (Å²) in [7, 11) is -3.98. The third kappa shape index (κ3) is 7.23. The molecule has 0 saturated carbocycles. The minimum absolute atomic E-state index is 0.114. The van der Waals surface area contributed by atoms with Crippen molar-refractivity contribution in [2.45, 2.75) is 38.5 Å². The van der Waals surface area contributed by atoms with Crippen molar-refractivity contribution in [3.05, 3.63) is 88.4 Å². The van der Waals surface area contributed by atoms with Gasteiger partial charge in [0, 0.05) is 11.6 Å². The van der Waals surface area contributed by atoms with Crippen LogP contribution < -0.4 is 14.4 Å². The van der Waals surface area contributed by atoms with Crippen molar-refractivity contribution in [2.24, 2.45) is 0 Å². The normalized spacial score (nSPS) is 11.2. The van der Waals surface area contributed by atoms with Crippen molar-refractivity contribution < 1.29 is 17.9 Å². The molecule has 0 aliphatic rings. The van der Waals surface area contributed by atoms with Crippen molar-refractivity contribution >= 4 is 33.2 Å². The van der Waals surface area contributed by atoms with Gasteiger partial charge in [0.15, 0.2) is 0 Å². The van der Waals surface area contributed by atoms with Gasteiger partial charge in [0.2, 0.25) is 5.91 Å². The van der Waals surface area contributed by atoms with E-state index in [-0.39, 0.29) is 17.3 Å². The van der Waals surface area contributed by atoms with E-state index in [2.05, 4.69) is 5.32 Å².